The molecule has 0 radical (unpaired) electrons. The zero-order valence-corrected chi connectivity index (χ0v) is 18.9. The fraction of sp³-hybridized carbons (Fsp3) is 0.350. The summed E-state index contributed by atoms with van der Waals surface area (Å²) < 4.78 is 10.5. The maximum Gasteiger partial charge on any atom is 0.254 e. The smallest absolute Gasteiger partial charge is 0.254 e. The number of halogens is 2. The molecule has 3 rings (SSSR count). The number of carbonyl (C=O) groups is 2. The molecule has 11 heteroatoms. The van der Waals surface area contributed by atoms with Gasteiger partial charge in [0, 0.05) is 29.6 Å². The summed E-state index contributed by atoms with van der Waals surface area (Å²) >= 11 is 13.4. The van der Waals surface area contributed by atoms with Gasteiger partial charge in [-0.3, -0.25) is 9.59 Å². The highest BCUT2D eigenvalue weighted by atomic mass is 35.5. The molecular weight excluding hydrogens is 463 g/mol. The fourth-order valence-electron chi connectivity index (χ4n) is 2.75. The molecule has 2 heterocycles. The lowest BCUT2D eigenvalue weighted by Gasteiger charge is -2.16. The van der Waals surface area contributed by atoms with Crippen molar-refractivity contribution in [1.82, 2.24) is 9.88 Å². The molecule has 2 aromatic rings. The Labute approximate surface area is 193 Å². The van der Waals surface area contributed by atoms with Crippen molar-refractivity contribution < 1.29 is 19.1 Å². The molecule has 0 saturated heterocycles. The van der Waals surface area contributed by atoms with Gasteiger partial charge in [0.25, 0.3) is 5.91 Å². The number of hydrogen-bond acceptors (Lipinski definition) is 7. The predicted molar refractivity (Wildman–Crippen MR) is 122 cm³/mol. The molecular formula is C20H22Cl2N4O4S. The van der Waals surface area contributed by atoms with Gasteiger partial charge in [-0.2, -0.15) is 0 Å². The van der Waals surface area contributed by atoms with Crippen LogP contribution in [0.2, 0.25) is 10.0 Å². The maximum absolute atomic E-state index is 12.5. The summed E-state index contributed by atoms with van der Waals surface area (Å²) in [5, 5.41) is 6.12. The molecule has 0 spiro atoms. The van der Waals surface area contributed by atoms with Gasteiger partial charge in [0.05, 0.1) is 36.4 Å². The molecule has 8 nitrogen and oxygen atoms in total. The van der Waals surface area contributed by atoms with Crippen molar-refractivity contribution in [1.29, 1.82) is 0 Å². The molecule has 166 valence electrons. The number of aromatic nitrogens is 1. The van der Waals surface area contributed by atoms with E-state index in [2.05, 4.69) is 10.3 Å². The summed E-state index contributed by atoms with van der Waals surface area (Å²) in [7, 11) is 0. The van der Waals surface area contributed by atoms with E-state index in [1.54, 1.807) is 28.5 Å². The second-order valence-corrected chi connectivity index (χ2v) is 8.25. The Morgan fingerprint density at radius 1 is 1.19 bits per heavy atom. The second-order valence-electron chi connectivity index (χ2n) is 6.58. The monoisotopic (exact) mass is 484 g/mol. The van der Waals surface area contributed by atoms with Crippen molar-refractivity contribution in [3.8, 4) is 10.6 Å². The summed E-state index contributed by atoms with van der Waals surface area (Å²) in [4.78, 5) is 30.7. The molecule has 1 aromatic carbocycles. The number of nitrogens with zero attached hydrogens (tertiary/aromatic N) is 2. The third-order valence-electron chi connectivity index (χ3n) is 4.34. The first-order chi connectivity index (χ1) is 15.0. The van der Waals surface area contributed by atoms with Crippen molar-refractivity contribution in [2.75, 3.05) is 51.4 Å². The third kappa shape index (κ3) is 6.73. The van der Waals surface area contributed by atoms with Crippen molar-refractivity contribution in [3.63, 3.8) is 0 Å². The lowest BCUT2D eigenvalue weighted by molar-refractivity contribution is -0.135. The van der Waals surface area contributed by atoms with Crippen LogP contribution in [0.25, 0.3) is 10.6 Å². The predicted octanol–water partition coefficient (Wildman–Crippen LogP) is 2.82. The average molecular weight is 485 g/mol. The number of rotatable bonds is 10. The SMILES string of the molecule is NCCOCCOCC(=O)N1CC=C(C(=O)Nc2csc(-c3ccc(Cl)c(Cl)c3)n2)C1. The first-order valence-electron chi connectivity index (χ1n) is 9.52. The highest BCUT2D eigenvalue weighted by Crippen LogP contribution is 2.31. The number of nitrogens with two attached hydrogens (primary N) is 1. The van der Waals surface area contributed by atoms with Gasteiger partial charge in [0.1, 0.15) is 17.4 Å². The van der Waals surface area contributed by atoms with E-state index in [0.717, 1.165) is 5.56 Å². The Kier molecular flexibility index (Phi) is 8.82. The molecule has 3 N–H and O–H groups in total. The topological polar surface area (TPSA) is 107 Å². The van der Waals surface area contributed by atoms with Crippen LogP contribution in [-0.2, 0) is 19.1 Å². The van der Waals surface area contributed by atoms with Gasteiger partial charge in [-0.1, -0.05) is 35.3 Å². The quantitative estimate of drug-likeness (QED) is 0.502. The summed E-state index contributed by atoms with van der Waals surface area (Å²) in [6.07, 6.45) is 1.73. The highest BCUT2D eigenvalue weighted by Gasteiger charge is 2.24. The summed E-state index contributed by atoms with van der Waals surface area (Å²) in [6.45, 7) is 2.12. The number of ether oxygens (including phenoxy) is 2. The van der Waals surface area contributed by atoms with Crippen LogP contribution in [0.4, 0.5) is 5.82 Å². The van der Waals surface area contributed by atoms with Gasteiger partial charge >= 0.3 is 0 Å². The van der Waals surface area contributed by atoms with Crippen LogP contribution in [0.1, 0.15) is 0 Å². The van der Waals surface area contributed by atoms with Crippen LogP contribution >= 0.6 is 34.5 Å². The van der Waals surface area contributed by atoms with Crippen LogP contribution in [0.15, 0.2) is 35.2 Å². The zero-order chi connectivity index (χ0) is 22.2. The van der Waals surface area contributed by atoms with Gasteiger partial charge in [-0.25, -0.2) is 4.98 Å². The number of nitrogens with one attached hydrogen (secondary N) is 1. The zero-order valence-electron chi connectivity index (χ0n) is 16.6. The van der Waals surface area contributed by atoms with E-state index in [0.29, 0.717) is 59.4 Å². The average Bonchev–Trinajstić information content (AvgIpc) is 3.42. The van der Waals surface area contributed by atoms with E-state index in [-0.39, 0.29) is 25.0 Å². The Bertz CT molecular complexity index is 966. The van der Waals surface area contributed by atoms with Gasteiger partial charge in [-0.05, 0) is 12.1 Å². The number of carbonyl (C=O) groups excluding carboxylic acids is 2. The fourth-order valence-corrected chi connectivity index (χ4v) is 3.80. The lowest BCUT2D eigenvalue weighted by Crippen LogP contribution is -2.33. The van der Waals surface area contributed by atoms with Crippen LogP contribution < -0.4 is 11.1 Å². The van der Waals surface area contributed by atoms with Crippen molar-refractivity contribution in [2.24, 2.45) is 5.73 Å². The molecule has 0 fully saturated rings. The van der Waals surface area contributed by atoms with Gasteiger partial charge in [-0.15, -0.1) is 11.3 Å². The first kappa shape index (κ1) is 23.6. The number of benzene rings is 1. The molecule has 0 unspecified atom stereocenters. The van der Waals surface area contributed by atoms with Crippen molar-refractivity contribution >= 4 is 52.2 Å². The highest BCUT2D eigenvalue weighted by molar-refractivity contribution is 7.13. The minimum Gasteiger partial charge on any atom is -0.378 e. The maximum atomic E-state index is 12.5. The molecule has 0 saturated carbocycles. The molecule has 1 aliphatic heterocycles. The molecule has 2 amide bonds. The van der Waals surface area contributed by atoms with E-state index in [1.807, 2.05) is 6.07 Å². The van der Waals surface area contributed by atoms with E-state index in [1.165, 1.54) is 11.3 Å². The Morgan fingerprint density at radius 2 is 2.00 bits per heavy atom. The normalized spacial score (nSPS) is 13.4. The standard InChI is InChI=1S/C20H22Cl2N4O4S/c21-15-2-1-13(9-16(15)22)20-25-17(12-31-20)24-19(28)14-3-5-26(10-14)18(27)11-30-8-7-29-6-4-23/h1-3,9,12H,4-8,10-11,23H2,(H,24,28). The van der Waals surface area contributed by atoms with Crippen LogP contribution in [0.3, 0.4) is 0 Å². The summed E-state index contributed by atoms with van der Waals surface area (Å²) in [6, 6.07) is 5.24. The van der Waals surface area contributed by atoms with E-state index in [9.17, 15) is 9.59 Å². The Balaban J connectivity index is 1.46. The lowest BCUT2D eigenvalue weighted by atomic mass is 10.2. The molecule has 0 atom stereocenters. The number of thiazole rings is 1. The minimum atomic E-state index is -0.294. The molecule has 31 heavy (non-hydrogen) atoms. The third-order valence-corrected chi connectivity index (χ3v) is 5.97. The molecule has 0 aliphatic carbocycles. The van der Waals surface area contributed by atoms with Gasteiger partial charge < -0.3 is 25.4 Å². The van der Waals surface area contributed by atoms with Crippen LogP contribution in [0.5, 0.6) is 0 Å². The van der Waals surface area contributed by atoms with E-state index in [4.69, 9.17) is 38.4 Å². The number of hydrogen-bond donors (Lipinski definition) is 2. The number of amides is 2. The minimum absolute atomic E-state index is 0.0617. The second kappa shape index (κ2) is 11.6. The molecule has 0 bridgehead atoms. The van der Waals surface area contributed by atoms with Crippen LogP contribution in [0, 0.1) is 0 Å². The molecule has 1 aromatic heterocycles. The molecule has 1 aliphatic rings. The van der Waals surface area contributed by atoms with Gasteiger partial charge in [0.15, 0.2) is 0 Å². The van der Waals surface area contributed by atoms with E-state index >= 15 is 0 Å². The Hall–Kier alpha value is -2.01. The van der Waals surface area contributed by atoms with E-state index < -0.39 is 0 Å². The van der Waals surface area contributed by atoms with Gasteiger partial charge in [0.2, 0.25) is 5.91 Å². The van der Waals surface area contributed by atoms with Crippen LogP contribution in [-0.4, -0.2) is 67.8 Å². The summed E-state index contributed by atoms with van der Waals surface area (Å²) in [5.74, 6) is -0.0478. The summed E-state index contributed by atoms with van der Waals surface area (Å²) in [5.41, 5.74) is 6.63. The van der Waals surface area contributed by atoms with Crippen molar-refractivity contribution in [2.45, 2.75) is 0 Å². The number of anilines is 1. The first-order valence-corrected chi connectivity index (χ1v) is 11.2. The van der Waals surface area contributed by atoms with Crippen molar-refractivity contribution in [3.05, 3.63) is 45.3 Å². The largest absolute Gasteiger partial charge is 0.378 e. The Morgan fingerprint density at radius 3 is 2.77 bits per heavy atom.